The highest BCUT2D eigenvalue weighted by Crippen LogP contribution is 2.46. The molecule has 8 heteroatoms. The van der Waals surface area contributed by atoms with Crippen LogP contribution in [0, 0.1) is 17.8 Å². The zero-order valence-corrected chi connectivity index (χ0v) is 18.5. The standard InChI is InChI=1S/C24H24N4O3S/c1-31-15-8-6-13(7-9-15)14-10-16-17(19(29)11-14)12-25-22-21(16)23(30)28(27-22)24-26-18-4-2-3-5-20(18)32-24/h2-9,14,16-17,21-22,25,27H,10-12H2,1H3. The third kappa shape index (κ3) is 3.13. The predicted octanol–water partition coefficient (Wildman–Crippen LogP) is 3.08. The van der Waals surface area contributed by atoms with E-state index in [-0.39, 0.29) is 41.5 Å². The molecule has 3 heterocycles. The van der Waals surface area contributed by atoms with Gasteiger partial charge in [0.05, 0.1) is 29.4 Å². The average Bonchev–Trinajstić information content (AvgIpc) is 3.40. The summed E-state index contributed by atoms with van der Waals surface area (Å²) in [5.41, 5.74) is 5.35. The van der Waals surface area contributed by atoms with Gasteiger partial charge in [0.2, 0.25) is 11.0 Å². The molecule has 0 spiro atoms. The third-order valence-electron chi connectivity index (χ3n) is 7.15. The first kappa shape index (κ1) is 19.8. The van der Waals surface area contributed by atoms with Gasteiger partial charge < -0.3 is 4.74 Å². The highest BCUT2D eigenvalue weighted by molar-refractivity contribution is 7.22. The van der Waals surface area contributed by atoms with E-state index in [4.69, 9.17) is 4.74 Å². The number of ketones is 1. The molecule has 2 N–H and O–H groups in total. The van der Waals surface area contributed by atoms with E-state index in [9.17, 15) is 9.59 Å². The van der Waals surface area contributed by atoms with Crippen LogP contribution in [-0.2, 0) is 9.59 Å². The van der Waals surface area contributed by atoms with Gasteiger partial charge in [0.15, 0.2) is 0 Å². The Morgan fingerprint density at radius 3 is 2.72 bits per heavy atom. The number of aromatic nitrogens is 1. The lowest BCUT2D eigenvalue weighted by Crippen LogP contribution is -2.57. The minimum Gasteiger partial charge on any atom is -0.497 e. The molecule has 1 aromatic heterocycles. The first-order chi connectivity index (χ1) is 15.6. The van der Waals surface area contributed by atoms with E-state index < -0.39 is 0 Å². The van der Waals surface area contributed by atoms with Gasteiger partial charge in [-0.05, 0) is 48.1 Å². The molecule has 7 nitrogen and oxygen atoms in total. The molecule has 5 unspecified atom stereocenters. The number of para-hydroxylation sites is 1. The van der Waals surface area contributed by atoms with Crippen molar-refractivity contribution in [3.05, 3.63) is 54.1 Å². The van der Waals surface area contributed by atoms with Crippen LogP contribution in [0.25, 0.3) is 10.2 Å². The van der Waals surface area contributed by atoms with E-state index in [1.807, 2.05) is 48.5 Å². The number of ether oxygens (including phenoxy) is 1. The first-order valence-corrected chi connectivity index (χ1v) is 11.8. The summed E-state index contributed by atoms with van der Waals surface area (Å²) in [6.45, 7) is 0.605. The summed E-state index contributed by atoms with van der Waals surface area (Å²) in [4.78, 5) is 31.3. The normalized spacial score (nSPS) is 29.8. The number of rotatable bonds is 3. The number of thiazole rings is 1. The van der Waals surface area contributed by atoms with Gasteiger partial charge >= 0.3 is 0 Å². The smallest absolute Gasteiger partial charge is 0.249 e. The molecule has 164 valence electrons. The summed E-state index contributed by atoms with van der Waals surface area (Å²) in [5, 5.41) is 5.65. The third-order valence-corrected chi connectivity index (χ3v) is 8.17. The number of methoxy groups -OCH3 is 1. The van der Waals surface area contributed by atoms with Crippen molar-refractivity contribution in [2.75, 3.05) is 18.7 Å². The van der Waals surface area contributed by atoms with Crippen LogP contribution in [0.4, 0.5) is 5.13 Å². The van der Waals surface area contributed by atoms with Crippen LogP contribution in [0.15, 0.2) is 48.5 Å². The summed E-state index contributed by atoms with van der Waals surface area (Å²) < 4.78 is 6.32. The largest absolute Gasteiger partial charge is 0.497 e. The molecular weight excluding hydrogens is 424 g/mol. The van der Waals surface area contributed by atoms with E-state index in [1.165, 1.54) is 11.3 Å². The fraction of sp³-hybridized carbons (Fsp3) is 0.375. The Morgan fingerprint density at radius 1 is 1.12 bits per heavy atom. The lowest BCUT2D eigenvalue weighted by Gasteiger charge is -2.43. The van der Waals surface area contributed by atoms with Gasteiger partial charge in [-0.2, -0.15) is 0 Å². The Kier molecular flexibility index (Phi) is 4.74. The second-order valence-electron chi connectivity index (χ2n) is 8.83. The number of nitrogens with one attached hydrogen (secondary N) is 2. The second-order valence-corrected chi connectivity index (χ2v) is 9.83. The highest BCUT2D eigenvalue weighted by atomic mass is 32.1. The fourth-order valence-corrected chi connectivity index (χ4v) is 6.48. The van der Waals surface area contributed by atoms with Crippen molar-refractivity contribution < 1.29 is 14.3 Å². The molecule has 1 amide bonds. The van der Waals surface area contributed by atoms with E-state index in [0.29, 0.717) is 18.1 Å². The van der Waals surface area contributed by atoms with E-state index in [0.717, 1.165) is 28.0 Å². The number of piperidine rings is 1. The molecule has 3 aliphatic rings. The molecule has 0 radical (unpaired) electrons. The Labute approximate surface area is 189 Å². The number of Topliss-reactive ketones (excluding diaryl/α,β-unsaturated/α-hetero) is 1. The predicted molar refractivity (Wildman–Crippen MR) is 122 cm³/mol. The zero-order chi connectivity index (χ0) is 21.8. The number of amides is 1. The Morgan fingerprint density at radius 2 is 1.94 bits per heavy atom. The van der Waals surface area contributed by atoms with Crippen LogP contribution in [0.1, 0.15) is 24.3 Å². The van der Waals surface area contributed by atoms with Crippen molar-refractivity contribution in [2.45, 2.75) is 24.9 Å². The number of hydrazine groups is 1. The molecule has 3 aromatic rings. The van der Waals surface area contributed by atoms with Crippen molar-refractivity contribution in [1.82, 2.24) is 15.7 Å². The molecule has 2 aromatic carbocycles. The van der Waals surface area contributed by atoms with Gasteiger partial charge in [0, 0.05) is 18.9 Å². The Bertz CT molecular complexity index is 1160. The number of carbonyl (C=O) groups is 2. The van der Waals surface area contributed by atoms with Gasteiger partial charge in [0.25, 0.3) is 0 Å². The zero-order valence-electron chi connectivity index (χ0n) is 17.7. The topological polar surface area (TPSA) is 83.6 Å². The monoisotopic (exact) mass is 448 g/mol. The van der Waals surface area contributed by atoms with Gasteiger partial charge in [-0.25, -0.2) is 15.4 Å². The van der Waals surface area contributed by atoms with Crippen molar-refractivity contribution in [2.24, 2.45) is 17.8 Å². The summed E-state index contributed by atoms with van der Waals surface area (Å²) >= 11 is 1.50. The van der Waals surface area contributed by atoms with Crippen LogP contribution in [0.2, 0.25) is 0 Å². The molecule has 5 atom stereocenters. The SMILES string of the molecule is COc1ccc(C2CC(=O)C3CNC4NN(c5nc6ccccc6s5)C(=O)C4C3C2)cc1. The van der Waals surface area contributed by atoms with Gasteiger partial charge in [-0.3, -0.25) is 14.9 Å². The number of hydrogen-bond acceptors (Lipinski definition) is 7. The van der Waals surface area contributed by atoms with Gasteiger partial charge in [-0.15, -0.1) is 0 Å². The Hall–Kier alpha value is -2.81. The number of carbonyl (C=O) groups excluding carboxylic acids is 2. The molecule has 1 aliphatic carbocycles. The van der Waals surface area contributed by atoms with E-state index in [1.54, 1.807) is 12.1 Å². The van der Waals surface area contributed by atoms with Crippen LogP contribution in [-0.4, -0.2) is 36.5 Å². The average molecular weight is 449 g/mol. The maximum atomic E-state index is 13.6. The number of benzene rings is 2. The quantitative estimate of drug-likeness (QED) is 0.641. The molecular formula is C24H24N4O3S. The van der Waals surface area contributed by atoms with Crippen molar-refractivity contribution in [3.8, 4) is 5.75 Å². The molecule has 0 bridgehead atoms. The molecule has 3 fully saturated rings. The van der Waals surface area contributed by atoms with Crippen molar-refractivity contribution >= 4 is 38.4 Å². The fourth-order valence-electron chi connectivity index (χ4n) is 5.54. The maximum absolute atomic E-state index is 13.6. The minimum absolute atomic E-state index is 0.000521. The van der Waals surface area contributed by atoms with E-state index in [2.05, 4.69) is 15.7 Å². The lowest BCUT2D eigenvalue weighted by atomic mass is 9.64. The lowest BCUT2D eigenvalue weighted by molar-refractivity contribution is -0.133. The number of anilines is 1. The maximum Gasteiger partial charge on any atom is 0.249 e. The molecule has 2 saturated heterocycles. The van der Waals surface area contributed by atoms with Crippen molar-refractivity contribution in [3.63, 3.8) is 0 Å². The van der Waals surface area contributed by atoms with Crippen LogP contribution in [0.3, 0.4) is 0 Å². The van der Waals surface area contributed by atoms with E-state index >= 15 is 0 Å². The first-order valence-electron chi connectivity index (χ1n) is 11.0. The van der Waals surface area contributed by atoms with Crippen LogP contribution >= 0.6 is 11.3 Å². The number of hydrogen-bond donors (Lipinski definition) is 2. The summed E-state index contributed by atoms with van der Waals surface area (Å²) in [5.74, 6) is 0.778. The molecule has 32 heavy (non-hydrogen) atoms. The summed E-state index contributed by atoms with van der Waals surface area (Å²) in [7, 11) is 1.65. The molecule has 6 rings (SSSR count). The van der Waals surface area contributed by atoms with Crippen LogP contribution < -0.4 is 20.5 Å². The van der Waals surface area contributed by atoms with Gasteiger partial charge in [-0.1, -0.05) is 35.6 Å². The highest BCUT2D eigenvalue weighted by Gasteiger charge is 2.54. The second kappa shape index (κ2) is 7.65. The summed E-state index contributed by atoms with van der Waals surface area (Å²) in [6.07, 6.45) is 1.17. The minimum atomic E-state index is -0.286. The van der Waals surface area contributed by atoms with Crippen LogP contribution in [0.5, 0.6) is 5.75 Å². The molecule has 1 saturated carbocycles. The Balaban J connectivity index is 1.29. The molecule has 2 aliphatic heterocycles. The van der Waals surface area contributed by atoms with Gasteiger partial charge in [0.1, 0.15) is 11.5 Å². The van der Waals surface area contributed by atoms with Crippen molar-refractivity contribution in [1.29, 1.82) is 0 Å². The summed E-state index contributed by atoms with van der Waals surface area (Å²) in [6, 6.07) is 15.8. The number of fused-ring (bicyclic) bond motifs is 4. The number of nitrogens with zero attached hydrogens (tertiary/aromatic N) is 2.